The van der Waals surface area contributed by atoms with E-state index < -0.39 is 0 Å². The van der Waals surface area contributed by atoms with Gasteiger partial charge in [-0.2, -0.15) is 0 Å². The second-order valence-corrected chi connectivity index (χ2v) is 5.23. The SMILES string of the molecule is CC(C)Cc1c(N)noc1-c1ccc2nccnc2c1. The first-order valence-electron chi connectivity index (χ1n) is 6.60. The van der Waals surface area contributed by atoms with Crippen LogP contribution in [0.4, 0.5) is 5.82 Å². The van der Waals surface area contributed by atoms with Crippen LogP contribution in [0.5, 0.6) is 0 Å². The third-order valence-corrected chi connectivity index (χ3v) is 3.16. The second kappa shape index (κ2) is 4.92. The van der Waals surface area contributed by atoms with E-state index in [4.69, 9.17) is 10.3 Å². The van der Waals surface area contributed by atoms with Gasteiger partial charge in [0.2, 0.25) is 0 Å². The van der Waals surface area contributed by atoms with Crippen molar-refractivity contribution in [3.63, 3.8) is 0 Å². The molecule has 0 saturated carbocycles. The molecule has 2 heterocycles. The van der Waals surface area contributed by atoms with Gasteiger partial charge in [-0.25, -0.2) is 0 Å². The van der Waals surface area contributed by atoms with Crippen molar-refractivity contribution < 1.29 is 4.52 Å². The highest BCUT2D eigenvalue weighted by Gasteiger charge is 2.17. The standard InChI is InChI=1S/C15H16N4O/c1-9(2)7-11-14(20-19-15(11)16)10-3-4-12-13(8-10)18-6-5-17-12/h3-6,8-9H,7H2,1-2H3,(H2,16,19). The minimum absolute atomic E-state index is 0.466. The minimum Gasteiger partial charge on any atom is -0.381 e. The van der Waals surface area contributed by atoms with Crippen molar-refractivity contribution in [2.75, 3.05) is 5.73 Å². The topological polar surface area (TPSA) is 77.8 Å². The van der Waals surface area contributed by atoms with Gasteiger partial charge in [0.15, 0.2) is 11.6 Å². The fourth-order valence-corrected chi connectivity index (χ4v) is 2.26. The van der Waals surface area contributed by atoms with Crippen LogP contribution in [0.3, 0.4) is 0 Å². The van der Waals surface area contributed by atoms with E-state index in [2.05, 4.69) is 29.0 Å². The van der Waals surface area contributed by atoms with Gasteiger partial charge in [-0.15, -0.1) is 0 Å². The lowest BCUT2D eigenvalue weighted by Crippen LogP contribution is -1.99. The number of nitrogen functional groups attached to an aromatic ring is 1. The molecular formula is C15H16N4O. The van der Waals surface area contributed by atoms with E-state index in [-0.39, 0.29) is 0 Å². The molecule has 0 saturated heterocycles. The van der Waals surface area contributed by atoms with Crippen LogP contribution in [-0.4, -0.2) is 15.1 Å². The predicted octanol–water partition coefficient (Wildman–Crippen LogP) is 3.07. The largest absolute Gasteiger partial charge is 0.381 e. The Kier molecular flexibility index (Phi) is 3.10. The van der Waals surface area contributed by atoms with Gasteiger partial charge in [-0.3, -0.25) is 9.97 Å². The molecule has 0 amide bonds. The summed E-state index contributed by atoms with van der Waals surface area (Å²) in [5.41, 5.74) is 9.48. The van der Waals surface area contributed by atoms with Crippen molar-refractivity contribution in [1.29, 1.82) is 0 Å². The first-order valence-corrected chi connectivity index (χ1v) is 6.60. The molecule has 5 heteroatoms. The summed E-state index contributed by atoms with van der Waals surface area (Å²) in [6, 6.07) is 5.84. The van der Waals surface area contributed by atoms with Gasteiger partial charge in [-0.05, 0) is 30.5 Å². The number of nitrogens with two attached hydrogens (primary N) is 1. The molecule has 0 radical (unpaired) electrons. The molecule has 0 bridgehead atoms. The second-order valence-electron chi connectivity index (χ2n) is 5.23. The van der Waals surface area contributed by atoms with E-state index in [0.717, 1.165) is 34.3 Å². The van der Waals surface area contributed by atoms with Gasteiger partial charge < -0.3 is 10.3 Å². The zero-order chi connectivity index (χ0) is 14.1. The quantitative estimate of drug-likeness (QED) is 0.789. The summed E-state index contributed by atoms with van der Waals surface area (Å²) in [4.78, 5) is 8.57. The van der Waals surface area contributed by atoms with Gasteiger partial charge in [0.25, 0.3) is 0 Å². The normalized spacial score (nSPS) is 11.3. The lowest BCUT2D eigenvalue weighted by molar-refractivity contribution is 0.434. The first-order chi connectivity index (χ1) is 9.65. The van der Waals surface area contributed by atoms with Crippen LogP contribution in [0.15, 0.2) is 35.1 Å². The lowest BCUT2D eigenvalue weighted by Gasteiger charge is -2.05. The molecule has 0 spiro atoms. The van der Waals surface area contributed by atoms with Crippen LogP contribution in [0.1, 0.15) is 19.4 Å². The number of anilines is 1. The number of benzene rings is 1. The summed E-state index contributed by atoms with van der Waals surface area (Å²) in [7, 11) is 0. The Morgan fingerprint density at radius 3 is 2.65 bits per heavy atom. The maximum absolute atomic E-state index is 5.91. The number of rotatable bonds is 3. The Bertz CT molecular complexity index is 748. The third-order valence-electron chi connectivity index (χ3n) is 3.16. The number of hydrogen-bond acceptors (Lipinski definition) is 5. The molecular weight excluding hydrogens is 252 g/mol. The van der Waals surface area contributed by atoms with Gasteiger partial charge in [-0.1, -0.05) is 19.0 Å². The Hall–Kier alpha value is -2.43. The molecule has 0 fully saturated rings. The fraction of sp³-hybridized carbons (Fsp3) is 0.267. The summed E-state index contributed by atoms with van der Waals surface area (Å²) < 4.78 is 5.41. The number of fused-ring (bicyclic) bond motifs is 1. The monoisotopic (exact) mass is 268 g/mol. The van der Waals surface area contributed by atoms with E-state index in [9.17, 15) is 0 Å². The van der Waals surface area contributed by atoms with E-state index in [1.165, 1.54) is 0 Å². The van der Waals surface area contributed by atoms with Gasteiger partial charge in [0, 0.05) is 23.5 Å². The van der Waals surface area contributed by atoms with E-state index >= 15 is 0 Å². The fourth-order valence-electron chi connectivity index (χ4n) is 2.26. The van der Waals surface area contributed by atoms with E-state index in [1.807, 2.05) is 18.2 Å². The van der Waals surface area contributed by atoms with Crippen molar-refractivity contribution in [3.8, 4) is 11.3 Å². The summed E-state index contributed by atoms with van der Waals surface area (Å²) >= 11 is 0. The molecule has 0 atom stereocenters. The Balaban J connectivity index is 2.11. The summed E-state index contributed by atoms with van der Waals surface area (Å²) in [5, 5.41) is 3.89. The highest BCUT2D eigenvalue weighted by Crippen LogP contribution is 2.31. The lowest BCUT2D eigenvalue weighted by atomic mass is 9.99. The molecule has 5 nitrogen and oxygen atoms in total. The molecule has 3 rings (SSSR count). The van der Waals surface area contributed by atoms with Crippen molar-refractivity contribution in [2.24, 2.45) is 5.92 Å². The molecule has 2 N–H and O–H groups in total. The third kappa shape index (κ3) is 2.22. The van der Waals surface area contributed by atoms with Gasteiger partial charge in [0.05, 0.1) is 11.0 Å². The highest BCUT2D eigenvalue weighted by molar-refractivity contribution is 5.81. The first kappa shape index (κ1) is 12.6. The van der Waals surface area contributed by atoms with E-state index in [1.54, 1.807) is 12.4 Å². The number of hydrogen-bond donors (Lipinski definition) is 1. The smallest absolute Gasteiger partial charge is 0.172 e. The maximum Gasteiger partial charge on any atom is 0.172 e. The average molecular weight is 268 g/mol. The summed E-state index contributed by atoms with van der Waals surface area (Å²) in [5.74, 6) is 1.67. The molecule has 2 aromatic heterocycles. The van der Waals surface area contributed by atoms with Crippen molar-refractivity contribution in [3.05, 3.63) is 36.2 Å². The Labute approximate surface area is 116 Å². The van der Waals surface area contributed by atoms with Gasteiger partial charge >= 0.3 is 0 Å². The van der Waals surface area contributed by atoms with Crippen LogP contribution in [-0.2, 0) is 6.42 Å². The van der Waals surface area contributed by atoms with Crippen molar-refractivity contribution >= 4 is 16.9 Å². The van der Waals surface area contributed by atoms with Crippen LogP contribution >= 0.6 is 0 Å². The minimum atomic E-state index is 0.466. The number of aromatic nitrogens is 3. The van der Waals surface area contributed by atoms with Crippen molar-refractivity contribution in [2.45, 2.75) is 20.3 Å². The van der Waals surface area contributed by atoms with Crippen LogP contribution in [0.25, 0.3) is 22.4 Å². The zero-order valence-electron chi connectivity index (χ0n) is 11.5. The Morgan fingerprint density at radius 2 is 1.90 bits per heavy atom. The predicted molar refractivity (Wildman–Crippen MR) is 78.0 cm³/mol. The average Bonchev–Trinajstić information content (AvgIpc) is 2.79. The molecule has 0 aliphatic carbocycles. The Morgan fingerprint density at radius 1 is 1.15 bits per heavy atom. The zero-order valence-corrected chi connectivity index (χ0v) is 11.5. The summed E-state index contributed by atoms with van der Waals surface area (Å²) in [6.45, 7) is 4.28. The number of nitrogens with zero attached hydrogens (tertiary/aromatic N) is 3. The summed E-state index contributed by atoms with van der Waals surface area (Å²) in [6.07, 6.45) is 4.19. The van der Waals surface area contributed by atoms with Crippen LogP contribution in [0.2, 0.25) is 0 Å². The maximum atomic E-state index is 5.91. The molecule has 1 aromatic carbocycles. The molecule has 0 aliphatic heterocycles. The molecule has 0 aliphatic rings. The van der Waals surface area contributed by atoms with Gasteiger partial charge in [0.1, 0.15) is 0 Å². The molecule has 0 unspecified atom stereocenters. The van der Waals surface area contributed by atoms with Crippen molar-refractivity contribution in [1.82, 2.24) is 15.1 Å². The molecule has 20 heavy (non-hydrogen) atoms. The van der Waals surface area contributed by atoms with Crippen LogP contribution in [0, 0.1) is 5.92 Å². The highest BCUT2D eigenvalue weighted by atomic mass is 16.5. The molecule has 102 valence electrons. The van der Waals surface area contributed by atoms with Crippen LogP contribution < -0.4 is 5.73 Å². The van der Waals surface area contributed by atoms with E-state index in [0.29, 0.717) is 11.7 Å². The molecule has 3 aromatic rings.